The van der Waals surface area contributed by atoms with Gasteiger partial charge in [0, 0.05) is 25.3 Å². The molecule has 0 spiro atoms. The number of ether oxygens (including phenoxy) is 1. The fourth-order valence-corrected chi connectivity index (χ4v) is 1.98. The van der Waals surface area contributed by atoms with Crippen molar-refractivity contribution in [1.82, 2.24) is 0 Å². The standard InChI is InChI=1S/C9H15NOS/c1-9(2,3)7-5-6-10-12-8(7)11-4/h5-6,8H,1-4H3/t8-/m0/s1. The molecular formula is C9H15NOS. The van der Waals surface area contributed by atoms with Gasteiger partial charge in [0.25, 0.3) is 0 Å². The Bertz CT molecular complexity index is 215. The molecule has 3 heteroatoms. The summed E-state index contributed by atoms with van der Waals surface area (Å²) in [6.45, 7) is 6.56. The summed E-state index contributed by atoms with van der Waals surface area (Å²) in [5.41, 5.74) is 1.56. The molecule has 0 aliphatic carbocycles. The molecule has 0 saturated heterocycles. The Morgan fingerprint density at radius 3 is 2.58 bits per heavy atom. The lowest BCUT2D eigenvalue weighted by atomic mass is 9.86. The zero-order valence-electron chi connectivity index (χ0n) is 8.00. The zero-order valence-corrected chi connectivity index (χ0v) is 8.81. The highest BCUT2D eigenvalue weighted by Gasteiger charge is 2.26. The third kappa shape index (κ3) is 2.11. The first-order valence-electron chi connectivity index (χ1n) is 3.98. The van der Waals surface area contributed by atoms with Gasteiger partial charge in [-0.05, 0) is 17.1 Å². The van der Waals surface area contributed by atoms with Crippen LogP contribution in [-0.2, 0) is 4.74 Å². The predicted molar refractivity (Wildman–Crippen MR) is 54.4 cm³/mol. The van der Waals surface area contributed by atoms with Crippen molar-refractivity contribution >= 4 is 18.2 Å². The molecule has 0 fully saturated rings. The third-order valence-corrected chi connectivity index (χ3v) is 2.69. The van der Waals surface area contributed by atoms with Gasteiger partial charge in [-0.3, -0.25) is 0 Å². The second kappa shape index (κ2) is 3.62. The summed E-state index contributed by atoms with van der Waals surface area (Å²) < 4.78 is 9.39. The van der Waals surface area contributed by atoms with Crippen molar-refractivity contribution < 1.29 is 4.74 Å². The van der Waals surface area contributed by atoms with Crippen LogP contribution in [0.25, 0.3) is 0 Å². The van der Waals surface area contributed by atoms with E-state index in [2.05, 4.69) is 25.2 Å². The fraction of sp³-hybridized carbons (Fsp3) is 0.667. The molecule has 1 heterocycles. The first kappa shape index (κ1) is 9.81. The highest BCUT2D eigenvalue weighted by Crippen LogP contribution is 2.36. The second-order valence-electron chi connectivity index (χ2n) is 3.80. The molecule has 1 aliphatic heterocycles. The van der Waals surface area contributed by atoms with E-state index in [-0.39, 0.29) is 10.9 Å². The maximum absolute atomic E-state index is 5.31. The van der Waals surface area contributed by atoms with Crippen LogP contribution in [0.2, 0.25) is 0 Å². The Morgan fingerprint density at radius 1 is 1.50 bits per heavy atom. The fourth-order valence-electron chi connectivity index (χ4n) is 1.11. The first-order chi connectivity index (χ1) is 5.55. The normalized spacial score (nSPS) is 24.0. The minimum absolute atomic E-state index is 0.0926. The quantitative estimate of drug-likeness (QED) is 0.586. The van der Waals surface area contributed by atoms with Crippen molar-refractivity contribution in [2.45, 2.75) is 26.2 Å². The average Bonchev–Trinajstić information content (AvgIpc) is 2.03. The zero-order chi connectivity index (χ0) is 9.19. The van der Waals surface area contributed by atoms with E-state index in [4.69, 9.17) is 4.74 Å². The van der Waals surface area contributed by atoms with Crippen molar-refractivity contribution in [3.05, 3.63) is 11.6 Å². The number of nitrogens with zero attached hydrogens (tertiary/aromatic N) is 1. The van der Waals surface area contributed by atoms with Crippen LogP contribution < -0.4 is 0 Å². The van der Waals surface area contributed by atoms with Crippen LogP contribution in [0.1, 0.15) is 20.8 Å². The van der Waals surface area contributed by atoms with E-state index in [1.807, 2.05) is 12.3 Å². The molecule has 0 aromatic carbocycles. The molecule has 0 aromatic rings. The van der Waals surface area contributed by atoms with Gasteiger partial charge in [0.05, 0.1) is 0 Å². The summed E-state index contributed by atoms with van der Waals surface area (Å²) in [4.78, 5) is 0. The number of allylic oxidation sites excluding steroid dienone is 1. The van der Waals surface area contributed by atoms with Crippen LogP contribution in [0.4, 0.5) is 0 Å². The number of hydrogen-bond acceptors (Lipinski definition) is 3. The van der Waals surface area contributed by atoms with Crippen LogP contribution in [0.5, 0.6) is 0 Å². The van der Waals surface area contributed by atoms with Crippen LogP contribution in [0, 0.1) is 5.41 Å². The van der Waals surface area contributed by atoms with Gasteiger partial charge in [0.15, 0.2) is 0 Å². The van der Waals surface area contributed by atoms with Gasteiger partial charge in [-0.15, -0.1) is 0 Å². The van der Waals surface area contributed by atoms with Gasteiger partial charge in [0.2, 0.25) is 0 Å². The smallest absolute Gasteiger partial charge is 0.146 e. The second-order valence-corrected chi connectivity index (χ2v) is 4.65. The number of rotatable bonds is 1. The van der Waals surface area contributed by atoms with Gasteiger partial charge in [-0.2, -0.15) is 0 Å². The predicted octanol–water partition coefficient (Wildman–Crippen LogP) is 2.66. The van der Waals surface area contributed by atoms with E-state index in [9.17, 15) is 0 Å². The molecular weight excluding hydrogens is 170 g/mol. The Morgan fingerprint density at radius 2 is 2.17 bits per heavy atom. The highest BCUT2D eigenvalue weighted by atomic mass is 32.2. The minimum Gasteiger partial charge on any atom is -0.364 e. The van der Waals surface area contributed by atoms with E-state index < -0.39 is 0 Å². The van der Waals surface area contributed by atoms with Crippen molar-refractivity contribution in [2.24, 2.45) is 9.81 Å². The summed E-state index contributed by atoms with van der Waals surface area (Å²) in [5, 5.41) is 0. The Hall–Kier alpha value is -0.280. The van der Waals surface area contributed by atoms with E-state index in [1.54, 1.807) is 7.11 Å². The van der Waals surface area contributed by atoms with Gasteiger partial charge in [-0.1, -0.05) is 20.8 Å². The monoisotopic (exact) mass is 185 g/mol. The molecule has 1 aliphatic rings. The van der Waals surface area contributed by atoms with E-state index in [1.165, 1.54) is 17.5 Å². The lowest BCUT2D eigenvalue weighted by Gasteiger charge is -2.29. The van der Waals surface area contributed by atoms with Crippen molar-refractivity contribution in [1.29, 1.82) is 0 Å². The summed E-state index contributed by atoms with van der Waals surface area (Å²) in [6, 6.07) is 0. The topological polar surface area (TPSA) is 21.6 Å². The molecule has 0 amide bonds. The number of hydrogen-bond donors (Lipinski definition) is 0. The molecule has 1 atom stereocenters. The van der Waals surface area contributed by atoms with Crippen molar-refractivity contribution in [2.75, 3.05) is 7.11 Å². The maximum atomic E-state index is 5.31. The molecule has 0 N–H and O–H groups in total. The van der Waals surface area contributed by atoms with Gasteiger partial charge in [0.1, 0.15) is 5.44 Å². The van der Waals surface area contributed by atoms with Crippen LogP contribution in [-0.4, -0.2) is 18.8 Å². The molecule has 1 rings (SSSR count). The molecule has 2 nitrogen and oxygen atoms in total. The van der Waals surface area contributed by atoms with Crippen molar-refractivity contribution in [3.63, 3.8) is 0 Å². The molecule has 0 aromatic heterocycles. The van der Waals surface area contributed by atoms with E-state index in [0.29, 0.717) is 0 Å². The van der Waals surface area contributed by atoms with Gasteiger partial charge < -0.3 is 4.74 Å². The van der Waals surface area contributed by atoms with Crippen LogP contribution in [0.3, 0.4) is 0 Å². The first-order valence-corrected chi connectivity index (χ1v) is 4.82. The summed E-state index contributed by atoms with van der Waals surface area (Å²) >= 11 is 1.48. The van der Waals surface area contributed by atoms with Crippen molar-refractivity contribution in [3.8, 4) is 0 Å². The maximum Gasteiger partial charge on any atom is 0.146 e. The molecule has 12 heavy (non-hydrogen) atoms. The van der Waals surface area contributed by atoms with Crippen LogP contribution >= 0.6 is 11.9 Å². The highest BCUT2D eigenvalue weighted by molar-refractivity contribution is 7.98. The van der Waals surface area contributed by atoms with Gasteiger partial charge >= 0.3 is 0 Å². The lowest BCUT2D eigenvalue weighted by Crippen LogP contribution is -2.22. The largest absolute Gasteiger partial charge is 0.364 e. The summed E-state index contributed by atoms with van der Waals surface area (Å²) in [5.74, 6) is 0. The van der Waals surface area contributed by atoms with E-state index in [0.717, 1.165) is 0 Å². The molecule has 0 bridgehead atoms. The summed E-state index contributed by atoms with van der Waals surface area (Å²) in [7, 11) is 1.72. The lowest BCUT2D eigenvalue weighted by molar-refractivity contribution is 0.181. The SMILES string of the molecule is CO[C@H]1SN=CC=C1C(C)(C)C. The van der Waals surface area contributed by atoms with Gasteiger partial charge in [-0.25, -0.2) is 4.40 Å². The minimum atomic E-state index is 0.0926. The Kier molecular flexibility index (Phi) is 2.96. The van der Waals surface area contributed by atoms with E-state index >= 15 is 0 Å². The number of methoxy groups -OCH3 is 1. The van der Waals surface area contributed by atoms with Crippen LogP contribution in [0.15, 0.2) is 16.0 Å². The third-order valence-electron chi connectivity index (χ3n) is 1.81. The average molecular weight is 185 g/mol. The Balaban J connectivity index is 2.84. The Labute approximate surface area is 78.2 Å². The summed E-state index contributed by atoms with van der Waals surface area (Å²) in [6.07, 6.45) is 3.88. The molecule has 68 valence electrons. The molecule has 0 unspecified atom stereocenters. The molecule has 0 radical (unpaired) electrons. The molecule has 0 saturated carbocycles.